The number of aliphatic hydroxyl groups is 1. The second-order valence-corrected chi connectivity index (χ2v) is 6.32. The highest BCUT2D eigenvalue weighted by atomic mass is 16.3. The van der Waals surface area contributed by atoms with E-state index in [0.717, 1.165) is 36.5 Å². The lowest BCUT2D eigenvalue weighted by atomic mass is 9.94. The number of carbonyl (C=O) groups excluding carboxylic acids is 1. The lowest BCUT2D eigenvalue weighted by molar-refractivity contribution is -0.131. The fourth-order valence-corrected chi connectivity index (χ4v) is 3.09. The number of hydrogen-bond acceptors (Lipinski definition) is 4. The standard InChI is InChI=1S/C16H28N4O2/c1-5-7-20-12(3)13(11(2)18-20)9-17-16(22)14-10-19(4)8-6-15(14)21/h14-15,21H,5-10H2,1-4H3,(H,17,22)/t14-,15-/m1/s1. The topological polar surface area (TPSA) is 70.4 Å². The minimum Gasteiger partial charge on any atom is -0.392 e. The van der Waals surface area contributed by atoms with Crippen molar-refractivity contribution in [3.05, 3.63) is 17.0 Å². The number of amides is 1. The zero-order valence-corrected chi connectivity index (χ0v) is 14.1. The Morgan fingerprint density at radius 3 is 2.86 bits per heavy atom. The van der Waals surface area contributed by atoms with E-state index in [9.17, 15) is 9.90 Å². The second kappa shape index (κ2) is 7.24. The Kier molecular flexibility index (Phi) is 5.58. The van der Waals surface area contributed by atoms with Crippen LogP contribution >= 0.6 is 0 Å². The smallest absolute Gasteiger partial charge is 0.227 e. The molecule has 1 amide bonds. The normalized spacial score (nSPS) is 22.8. The van der Waals surface area contributed by atoms with Gasteiger partial charge in [0.1, 0.15) is 0 Å². The molecule has 0 aliphatic carbocycles. The summed E-state index contributed by atoms with van der Waals surface area (Å²) < 4.78 is 2.00. The van der Waals surface area contributed by atoms with Crippen LogP contribution in [0.1, 0.15) is 36.7 Å². The monoisotopic (exact) mass is 308 g/mol. The first-order valence-electron chi connectivity index (χ1n) is 8.11. The number of likely N-dealkylation sites (tertiary alicyclic amines) is 1. The van der Waals surface area contributed by atoms with Crippen molar-refractivity contribution in [2.75, 3.05) is 20.1 Å². The maximum Gasteiger partial charge on any atom is 0.227 e. The van der Waals surface area contributed by atoms with Gasteiger partial charge in [-0.3, -0.25) is 9.48 Å². The van der Waals surface area contributed by atoms with Crippen molar-refractivity contribution in [2.45, 2.75) is 52.8 Å². The highest BCUT2D eigenvalue weighted by Crippen LogP contribution is 2.17. The molecule has 2 heterocycles. The van der Waals surface area contributed by atoms with E-state index in [-0.39, 0.29) is 11.8 Å². The van der Waals surface area contributed by atoms with Gasteiger partial charge in [-0.25, -0.2) is 0 Å². The van der Waals surface area contributed by atoms with Crippen LogP contribution in [0, 0.1) is 19.8 Å². The maximum absolute atomic E-state index is 12.4. The lowest BCUT2D eigenvalue weighted by Crippen LogP contribution is -2.48. The van der Waals surface area contributed by atoms with E-state index in [1.54, 1.807) is 0 Å². The third-order valence-electron chi connectivity index (χ3n) is 4.52. The Balaban J connectivity index is 1.99. The zero-order chi connectivity index (χ0) is 16.3. The Bertz CT molecular complexity index is 526. The Morgan fingerprint density at radius 1 is 1.45 bits per heavy atom. The van der Waals surface area contributed by atoms with E-state index < -0.39 is 6.10 Å². The molecule has 0 aromatic carbocycles. The molecule has 0 saturated carbocycles. The van der Waals surface area contributed by atoms with Gasteiger partial charge in [0, 0.05) is 37.4 Å². The van der Waals surface area contributed by atoms with Crippen LogP contribution in [0.4, 0.5) is 0 Å². The largest absolute Gasteiger partial charge is 0.392 e. The van der Waals surface area contributed by atoms with Gasteiger partial charge >= 0.3 is 0 Å². The van der Waals surface area contributed by atoms with Gasteiger partial charge in [0.05, 0.1) is 17.7 Å². The van der Waals surface area contributed by atoms with Gasteiger partial charge in [0.15, 0.2) is 0 Å². The summed E-state index contributed by atoms with van der Waals surface area (Å²) in [6, 6.07) is 0. The van der Waals surface area contributed by atoms with Gasteiger partial charge in [-0.2, -0.15) is 5.10 Å². The highest BCUT2D eigenvalue weighted by Gasteiger charge is 2.31. The molecule has 0 bridgehead atoms. The number of piperidine rings is 1. The maximum atomic E-state index is 12.4. The first-order valence-corrected chi connectivity index (χ1v) is 8.11. The van der Waals surface area contributed by atoms with Crippen LogP contribution in [0.15, 0.2) is 0 Å². The molecule has 1 aliphatic heterocycles. The SMILES string of the molecule is CCCn1nc(C)c(CNC(=O)[C@@H]2CN(C)CC[C@H]2O)c1C. The summed E-state index contributed by atoms with van der Waals surface area (Å²) in [7, 11) is 1.98. The van der Waals surface area contributed by atoms with Crippen molar-refractivity contribution in [1.29, 1.82) is 0 Å². The molecule has 2 rings (SSSR count). The van der Waals surface area contributed by atoms with Gasteiger partial charge in [-0.15, -0.1) is 0 Å². The van der Waals surface area contributed by atoms with Crippen molar-refractivity contribution >= 4 is 5.91 Å². The minimum absolute atomic E-state index is 0.0684. The van der Waals surface area contributed by atoms with E-state index in [2.05, 4.69) is 22.2 Å². The number of aryl methyl sites for hydroxylation is 2. The van der Waals surface area contributed by atoms with E-state index in [0.29, 0.717) is 19.5 Å². The predicted octanol–water partition coefficient (Wildman–Crippen LogP) is 0.839. The van der Waals surface area contributed by atoms with Crippen LogP contribution in [-0.4, -0.2) is 51.9 Å². The Labute approximate surface area is 132 Å². The fraction of sp³-hybridized carbons (Fsp3) is 0.750. The Hall–Kier alpha value is -1.40. The number of aliphatic hydroxyl groups excluding tert-OH is 1. The average Bonchev–Trinajstić information content (AvgIpc) is 2.74. The summed E-state index contributed by atoms with van der Waals surface area (Å²) in [6.45, 7) is 8.97. The van der Waals surface area contributed by atoms with Crippen molar-refractivity contribution < 1.29 is 9.90 Å². The van der Waals surface area contributed by atoms with Crippen LogP contribution in [-0.2, 0) is 17.9 Å². The molecule has 0 radical (unpaired) electrons. The molecule has 1 aromatic heterocycles. The van der Waals surface area contributed by atoms with Crippen LogP contribution in [0.5, 0.6) is 0 Å². The quantitative estimate of drug-likeness (QED) is 0.845. The van der Waals surface area contributed by atoms with E-state index in [1.807, 2.05) is 25.6 Å². The molecule has 1 aliphatic rings. The van der Waals surface area contributed by atoms with Gasteiger partial charge in [0.2, 0.25) is 5.91 Å². The first kappa shape index (κ1) is 17.0. The summed E-state index contributed by atoms with van der Waals surface area (Å²) in [5.74, 6) is -0.411. The zero-order valence-electron chi connectivity index (χ0n) is 14.1. The third kappa shape index (κ3) is 3.67. The molecule has 22 heavy (non-hydrogen) atoms. The number of rotatable bonds is 5. The molecule has 2 N–H and O–H groups in total. The number of nitrogens with one attached hydrogen (secondary N) is 1. The molecule has 6 nitrogen and oxygen atoms in total. The third-order valence-corrected chi connectivity index (χ3v) is 4.52. The number of hydrogen-bond donors (Lipinski definition) is 2. The first-order chi connectivity index (χ1) is 10.4. The molecule has 0 spiro atoms. The van der Waals surface area contributed by atoms with Crippen molar-refractivity contribution in [3.8, 4) is 0 Å². The molecular weight excluding hydrogens is 280 g/mol. The number of aromatic nitrogens is 2. The highest BCUT2D eigenvalue weighted by molar-refractivity contribution is 5.79. The second-order valence-electron chi connectivity index (χ2n) is 6.32. The van der Waals surface area contributed by atoms with Crippen molar-refractivity contribution in [3.63, 3.8) is 0 Å². The summed E-state index contributed by atoms with van der Waals surface area (Å²) in [6.07, 6.45) is 1.15. The van der Waals surface area contributed by atoms with Crippen molar-refractivity contribution in [2.24, 2.45) is 5.92 Å². The van der Waals surface area contributed by atoms with E-state index in [1.165, 1.54) is 0 Å². The van der Waals surface area contributed by atoms with Gasteiger partial charge in [-0.05, 0) is 33.7 Å². The van der Waals surface area contributed by atoms with Gasteiger partial charge in [0.25, 0.3) is 0 Å². The van der Waals surface area contributed by atoms with Crippen LogP contribution in [0.3, 0.4) is 0 Å². The number of carbonyl (C=O) groups is 1. The predicted molar refractivity (Wildman–Crippen MR) is 85.4 cm³/mol. The fourth-order valence-electron chi connectivity index (χ4n) is 3.09. The summed E-state index contributed by atoms with van der Waals surface area (Å²) in [4.78, 5) is 14.4. The summed E-state index contributed by atoms with van der Waals surface area (Å²) in [5.41, 5.74) is 3.16. The van der Waals surface area contributed by atoms with Crippen molar-refractivity contribution in [1.82, 2.24) is 20.0 Å². The average molecular weight is 308 g/mol. The summed E-state index contributed by atoms with van der Waals surface area (Å²) in [5, 5.41) is 17.5. The van der Waals surface area contributed by atoms with Crippen LogP contribution in [0.2, 0.25) is 0 Å². The molecule has 1 fully saturated rings. The van der Waals surface area contributed by atoms with Gasteiger partial charge < -0.3 is 15.3 Å². The van der Waals surface area contributed by atoms with Crippen LogP contribution in [0.25, 0.3) is 0 Å². The molecule has 2 atom stereocenters. The van der Waals surface area contributed by atoms with Crippen LogP contribution < -0.4 is 5.32 Å². The molecule has 124 valence electrons. The number of nitrogens with zero attached hydrogens (tertiary/aromatic N) is 3. The van der Waals surface area contributed by atoms with Gasteiger partial charge in [-0.1, -0.05) is 6.92 Å². The molecular formula is C16H28N4O2. The summed E-state index contributed by atoms with van der Waals surface area (Å²) >= 11 is 0. The molecule has 0 unspecified atom stereocenters. The lowest BCUT2D eigenvalue weighted by Gasteiger charge is -2.32. The molecule has 1 saturated heterocycles. The van der Waals surface area contributed by atoms with E-state index >= 15 is 0 Å². The Morgan fingerprint density at radius 2 is 2.18 bits per heavy atom. The minimum atomic E-state index is -0.541. The molecule has 1 aromatic rings. The van der Waals surface area contributed by atoms with E-state index in [4.69, 9.17) is 0 Å². The molecule has 6 heteroatoms.